The molecule has 94 valence electrons. The molecular weight excluding hydrogens is 268 g/mol. The summed E-state index contributed by atoms with van der Waals surface area (Å²) in [4.78, 5) is 19.0. The number of nitrogens with zero attached hydrogens (tertiary/aromatic N) is 2. The molecule has 0 aromatic carbocycles. The van der Waals surface area contributed by atoms with Crippen molar-refractivity contribution in [2.45, 2.75) is 6.42 Å². The maximum absolute atomic E-state index is 12.1. The molecule has 0 aliphatic heterocycles. The van der Waals surface area contributed by atoms with Crippen molar-refractivity contribution in [2.75, 3.05) is 13.6 Å². The molecule has 0 radical (unpaired) electrons. The van der Waals surface area contributed by atoms with Crippen molar-refractivity contribution >= 4 is 28.8 Å². The second-order valence-corrected chi connectivity index (χ2v) is 5.38. The molecule has 0 saturated carbocycles. The molecule has 0 aliphatic carbocycles. The van der Waals surface area contributed by atoms with E-state index in [0.29, 0.717) is 17.3 Å². The Bertz CT molecular complexity index is 528. The van der Waals surface area contributed by atoms with Crippen molar-refractivity contribution in [3.05, 3.63) is 51.4 Å². The Morgan fingerprint density at radius 2 is 2.33 bits per heavy atom. The summed E-state index contributed by atoms with van der Waals surface area (Å²) in [5.41, 5.74) is 0.385. The molecule has 1 amide bonds. The summed E-state index contributed by atoms with van der Waals surface area (Å²) in [5.74, 6) is -0.103. The first kappa shape index (κ1) is 13.1. The van der Waals surface area contributed by atoms with E-state index in [0.717, 1.165) is 6.42 Å². The van der Waals surface area contributed by atoms with Crippen LogP contribution in [0.25, 0.3) is 0 Å². The number of thiophene rings is 1. The quantitative estimate of drug-likeness (QED) is 0.862. The molecule has 0 fully saturated rings. The van der Waals surface area contributed by atoms with E-state index < -0.39 is 0 Å². The third-order valence-corrected chi connectivity index (χ3v) is 3.73. The molecular formula is C13H13ClN2OS. The van der Waals surface area contributed by atoms with Crippen LogP contribution in [-0.2, 0) is 6.42 Å². The maximum Gasteiger partial charge on any atom is 0.272 e. The molecule has 2 rings (SSSR count). The molecule has 0 spiro atoms. The highest BCUT2D eigenvalue weighted by Crippen LogP contribution is 2.12. The fourth-order valence-electron chi connectivity index (χ4n) is 1.55. The van der Waals surface area contributed by atoms with E-state index in [9.17, 15) is 4.79 Å². The van der Waals surface area contributed by atoms with Crippen LogP contribution < -0.4 is 0 Å². The van der Waals surface area contributed by atoms with Crippen LogP contribution in [0.5, 0.6) is 0 Å². The molecule has 0 bridgehead atoms. The lowest BCUT2D eigenvalue weighted by Crippen LogP contribution is -2.29. The topological polar surface area (TPSA) is 33.2 Å². The van der Waals surface area contributed by atoms with Gasteiger partial charge in [0.25, 0.3) is 5.91 Å². The van der Waals surface area contributed by atoms with Crippen molar-refractivity contribution in [2.24, 2.45) is 0 Å². The molecule has 0 aliphatic rings. The second kappa shape index (κ2) is 5.98. The van der Waals surface area contributed by atoms with E-state index in [4.69, 9.17) is 11.6 Å². The van der Waals surface area contributed by atoms with Crippen LogP contribution in [0.4, 0.5) is 0 Å². The van der Waals surface area contributed by atoms with Gasteiger partial charge < -0.3 is 4.90 Å². The van der Waals surface area contributed by atoms with Crippen LogP contribution in [-0.4, -0.2) is 29.4 Å². The zero-order chi connectivity index (χ0) is 13.0. The Kier molecular flexibility index (Phi) is 4.33. The minimum absolute atomic E-state index is 0.103. The van der Waals surface area contributed by atoms with Crippen LogP contribution in [0.3, 0.4) is 0 Å². The van der Waals surface area contributed by atoms with Gasteiger partial charge in [-0.25, -0.2) is 0 Å². The summed E-state index contributed by atoms with van der Waals surface area (Å²) < 4.78 is 0. The molecule has 2 heterocycles. The summed E-state index contributed by atoms with van der Waals surface area (Å²) in [6.45, 7) is 0.674. The molecule has 0 saturated heterocycles. The third kappa shape index (κ3) is 3.31. The smallest absolute Gasteiger partial charge is 0.272 e. The van der Waals surface area contributed by atoms with E-state index in [1.54, 1.807) is 41.6 Å². The van der Waals surface area contributed by atoms with Crippen molar-refractivity contribution in [1.29, 1.82) is 0 Å². The van der Waals surface area contributed by atoms with Gasteiger partial charge in [0, 0.05) is 29.7 Å². The van der Waals surface area contributed by atoms with Gasteiger partial charge in [-0.05, 0) is 30.0 Å². The number of rotatable bonds is 4. The van der Waals surface area contributed by atoms with Crippen LogP contribution in [0.2, 0.25) is 5.02 Å². The van der Waals surface area contributed by atoms with Gasteiger partial charge in [-0.1, -0.05) is 17.7 Å². The number of amides is 1. The molecule has 0 N–H and O–H groups in total. The number of carbonyl (C=O) groups excluding carboxylic acids is 1. The largest absolute Gasteiger partial charge is 0.340 e. The zero-order valence-electron chi connectivity index (χ0n) is 9.97. The molecule has 18 heavy (non-hydrogen) atoms. The van der Waals surface area contributed by atoms with E-state index >= 15 is 0 Å². The standard InChI is InChI=1S/C13H13ClN2OS/c1-16(7-5-11-3-2-8-18-11)13(17)12-9-10(14)4-6-15-12/h2-4,6,8-9H,5,7H2,1H3. The monoisotopic (exact) mass is 280 g/mol. The van der Waals surface area contributed by atoms with Crippen LogP contribution >= 0.6 is 22.9 Å². The Labute approximate surface area is 115 Å². The molecule has 3 nitrogen and oxygen atoms in total. The van der Waals surface area contributed by atoms with Crippen molar-refractivity contribution in [3.8, 4) is 0 Å². The molecule has 0 atom stereocenters. The Morgan fingerprint density at radius 3 is 3.00 bits per heavy atom. The fourth-order valence-corrected chi connectivity index (χ4v) is 2.41. The average Bonchev–Trinajstić information content (AvgIpc) is 2.88. The summed E-state index contributed by atoms with van der Waals surface area (Å²) in [6.07, 6.45) is 2.41. The number of halogens is 1. The highest BCUT2D eigenvalue weighted by Gasteiger charge is 2.13. The number of carbonyl (C=O) groups is 1. The Morgan fingerprint density at radius 1 is 1.50 bits per heavy atom. The first-order chi connectivity index (χ1) is 8.66. The maximum atomic E-state index is 12.1. The van der Waals surface area contributed by atoms with Crippen molar-refractivity contribution < 1.29 is 4.79 Å². The van der Waals surface area contributed by atoms with Gasteiger partial charge in [-0.3, -0.25) is 9.78 Å². The van der Waals surface area contributed by atoms with Gasteiger partial charge in [0.2, 0.25) is 0 Å². The summed E-state index contributed by atoms with van der Waals surface area (Å²) in [7, 11) is 1.78. The zero-order valence-corrected chi connectivity index (χ0v) is 11.5. The average molecular weight is 281 g/mol. The normalized spacial score (nSPS) is 10.3. The third-order valence-electron chi connectivity index (χ3n) is 2.56. The van der Waals surface area contributed by atoms with E-state index in [1.807, 2.05) is 11.4 Å². The number of hydrogen-bond acceptors (Lipinski definition) is 3. The van der Waals surface area contributed by atoms with Crippen LogP contribution in [0.1, 0.15) is 15.4 Å². The molecule has 2 aromatic heterocycles. The van der Waals surface area contributed by atoms with Gasteiger partial charge in [-0.15, -0.1) is 11.3 Å². The minimum atomic E-state index is -0.103. The molecule has 0 unspecified atom stereocenters. The lowest BCUT2D eigenvalue weighted by atomic mass is 10.3. The summed E-state index contributed by atoms with van der Waals surface area (Å²) >= 11 is 7.54. The summed E-state index contributed by atoms with van der Waals surface area (Å²) in [6, 6.07) is 7.33. The Balaban J connectivity index is 1.96. The first-order valence-electron chi connectivity index (χ1n) is 5.56. The van der Waals surface area contributed by atoms with Crippen molar-refractivity contribution in [3.63, 3.8) is 0 Å². The minimum Gasteiger partial charge on any atom is -0.340 e. The predicted octanol–water partition coefficient (Wildman–Crippen LogP) is 3.11. The van der Waals surface area contributed by atoms with Gasteiger partial charge in [0.05, 0.1) is 0 Å². The second-order valence-electron chi connectivity index (χ2n) is 3.92. The van der Waals surface area contributed by atoms with Gasteiger partial charge >= 0.3 is 0 Å². The highest BCUT2D eigenvalue weighted by atomic mass is 35.5. The lowest BCUT2D eigenvalue weighted by Gasteiger charge is -2.16. The van der Waals surface area contributed by atoms with Gasteiger partial charge in [-0.2, -0.15) is 0 Å². The van der Waals surface area contributed by atoms with E-state index in [1.165, 1.54) is 4.88 Å². The number of aromatic nitrogens is 1. The van der Waals surface area contributed by atoms with Crippen molar-refractivity contribution in [1.82, 2.24) is 9.88 Å². The van der Waals surface area contributed by atoms with Crippen LogP contribution in [0.15, 0.2) is 35.8 Å². The number of pyridine rings is 1. The molecule has 5 heteroatoms. The predicted molar refractivity (Wildman–Crippen MR) is 74.2 cm³/mol. The van der Waals surface area contributed by atoms with E-state index in [-0.39, 0.29) is 5.91 Å². The first-order valence-corrected chi connectivity index (χ1v) is 6.82. The number of hydrogen-bond donors (Lipinski definition) is 0. The Hall–Kier alpha value is -1.39. The SMILES string of the molecule is CN(CCc1cccs1)C(=O)c1cc(Cl)ccn1. The molecule has 2 aromatic rings. The van der Waals surface area contributed by atoms with E-state index in [2.05, 4.69) is 11.1 Å². The van der Waals surface area contributed by atoms with Gasteiger partial charge in [0.15, 0.2) is 0 Å². The van der Waals surface area contributed by atoms with Crippen LogP contribution in [0, 0.1) is 0 Å². The fraction of sp³-hybridized carbons (Fsp3) is 0.231. The van der Waals surface area contributed by atoms with Gasteiger partial charge in [0.1, 0.15) is 5.69 Å². The summed E-state index contributed by atoms with van der Waals surface area (Å²) in [5, 5.41) is 2.57. The highest BCUT2D eigenvalue weighted by molar-refractivity contribution is 7.09. The number of likely N-dealkylation sites (N-methyl/N-ethyl adjacent to an activating group) is 1. The lowest BCUT2D eigenvalue weighted by molar-refractivity contribution is 0.0791.